The fourth-order valence-electron chi connectivity index (χ4n) is 13.4. The lowest BCUT2D eigenvalue weighted by Gasteiger charge is -2.73. The molecule has 0 bridgehead atoms. The van der Waals surface area contributed by atoms with E-state index in [0.29, 0.717) is 45.3 Å². The Labute approximate surface area is 251 Å². The highest BCUT2D eigenvalue weighted by atomic mass is 16.4. The van der Waals surface area contributed by atoms with Gasteiger partial charge in [0.05, 0.1) is 12.2 Å². The van der Waals surface area contributed by atoms with Crippen molar-refractivity contribution in [3.05, 3.63) is 0 Å². The Kier molecular flexibility index (Phi) is 8.41. The normalized spacial score (nSPS) is 50.9. The molecule has 0 aromatic carbocycles. The molecule has 238 valence electrons. The molecule has 0 aliphatic heterocycles. The van der Waals surface area contributed by atoms with Gasteiger partial charge in [-0.2, -0.15) is 0 Å². The smallest absolute Gasteiger partial charge is 0.109 e. The van der Waals surface area contributed by atoms with Gasteiger partial charge in [0.1, 0.15) is 12.2 Å². The van der Waals surface area contributed by atoms with Crippen molar-refractivity contribution in [1.29, 1.82) is 0 Å². The highest BCUT2D eigenvalue weighted by Gasteiger charge is 2.70. The van der Waals surface area contributed by atoms with Crippen LogP contribution < -0.4 is 5.73 Å². The minimum absolute atomic E-state index is 0.139. The van der Waals surface area contributed by atoms with Crippen LogP contribution in [0.3, 0.4) is 0 Å². The number of rotatable bonds is 7. The summed E-state index contributed by atoms with van der Waals surface area (Å²) in [6, 6.07) is 0. The largest absolute Gasteiger partial charge is 0.390 e. The Balaban J connectivity index is 1.34. The molecule has 9 unspecified atom stereocenters. The number of aliphatic hydroxyl groups excluding tert-OH is 4. The molecule has 0 radical (unpaired) electrons. The van der Waals surface area contributed by atoms with Gasteiger partial charge >= 0.3 is 0 Å². The molecule has 6 N–H and O–H groups in total. The molecule has 0 aromatic heterocycles. The van der Waals surface area contributed by atoms with Gasteiger partial charge in [-0.25, -0.2) is 0 Å². The summed E-state index contributed by atoms with van der Waals surface area (Å²) in [4.78, 5) is 0. The molecule has 0 amide bonds. The zero-order valence-corrected chi connectivity index (χ0v) is 27.7. The Morgan fingerprint density at radius 3 is 1.80 bits per heavy atom. The summed E-state index contributed by atoms with van der Waals surface area (Å²) < 4.78 is 0. The summed E-state index contributed by atoms with van der Waals surface area (Å²) in [6.07, 6.45) is 8.77. The monoisotopic (exact) mass is 575 g/mol. The first-order valence-electron chi connectivity index (χ1n) is 17.4. The average molecular weight is 576 g/mol. The van der Waals surface area contributed by atoms with Gasteiger partial charge in [0, 0.05) is 6.54 Å². The van der Waals surface area contributed by atoms with Gasteiger partial charge in [-0.1, -0.05) is 55.4 Å². The molecule has 5 fully saturated rings. The zero-order chi connectivity index (χ0) is 30.3. The molecular formula is C36H65NO4. The molecule has 15 atom stereocenters. The highest BCUT2D eigenvalue weighted by molar-refractivity contribution is 5.19. The van der Waals surface area contributed by atoms with Crippen LogP contribution in [-0.2, 0) is 0 Å². The first-order chi connectivity index (χ1) is 19.0. The van der Waals surface area contributed by atoms with Crippen molar-refractivity contribution in [3.63, 3.8) is 0 Å². The van der Waals surface area contributed by atoms with E-state index in [0.717, 1.165) is 23.7 Å². The van der Waals surface area contributed by atoms with Crippen molar-refractivity contribution in [2.45, 2.75) is 150 Å². The number of hydrogen-bond donors (Lipinski definition) is 5. The summed E-state index contributed by atoms with van der Waals surface area (Å²) in [5.74, 6) is 4.67. The third-order valence-corrected chi connectivity index (χ3v) is 16.3. The maximum atomic E-state index is 10.8. The maximum absolute atomic E-state index is 10.8. The van der Waals surface area contributed by atoms with E-state index in [4.69, 9.17) is 5.73 Å². The van der Waals surface area contributed by atoms with Gasteiger partial charge in [-0.3, -0.25) is 0 Å². The molecule has 5 aliphatic carbocycles. The van der Waals surface area contributed by atoms with Gasteiger partial charge in [0.25, 0.3) is 0 Å². The van der Waals surface area contributed by atoms with Crippen LogP contribution in [0.4, 0.5) is 0 Å². The predicted octanol–water partition coefficient (Wildman–Crippen LogP) is 6.15. The number of fused-ring (bicyclic) bond motifs is 7. The molecule has 5 saturated carbocycles. The van der Waals surface area contributed by atoms with Crippen molar-refractivity contribution in [2.24, 2.45) is 74.2 Å². The van der Waals surface area contributed by atoms with Gasteiger partial charge in [0.15, 0.2) is 0 Å². The van der Waals surface area contributed by atoms with Crippen molar-refractivity contribution in [2.75, 3.05) is 6.54 Å². The minimum atomic E-state index is -1.42. The fourth-order valence-corrected chi connectivity index (χ4v) is 13.4. The molecular weight excluding hydrogens is 510 g/mol. The van der Waals surface area contributed by atoms with E-state index in [2.05, 4.69) is 55.4 Å². The van der Waals surface area contributed by atoms with Crippen LogP contribution in [0, 0.1) is 68.5 Å². The standard InChI is InChI=1S/C36H65NO4/c1-21(19-25(38)30(40)31(41)26(39)20-37)23-12-16-33(5)24(23)13-17-35(7)28(33)9-10-29-34(6)15-11-22(2)32(3,4)27(34)14-18-36(29,35)8/h21-31,38-41H,9-20,37H2,1-8H3/t21?,22-,23+,24?,25?,26?,27?,28?,29?,30?,31?,33-,34-,35+,36+/m0/s1. The topological polar surface area (TPSA) is 107 Å². The average Bonchev–Trinajstić information content (AvgIpc) is 3.27. The van der Waals surface area contributed by atoms with Gasteiger partial charge in [-0.15, -0.1) is 0 Å². The van der Waals surface area contributed by atoms with E-state index < -0.39 is 24.4 Å². The summed E-state index contributed by atoms with van der Waals surface area (Å²) in [7, 11) is 0. The fraction of sp³-hybridized carbons (Fsp3) is 1.00. The van der Waals surface area contributed by atoms with Gasteiger partial charge in [-0.05, 0) is 139 Å². The minimum Gasteiger partial charge on any atom is -0.390 e. The molecule has 5 aliphatic rings. The molecule has 5 nitrogen and oxygen atoms in total. The molecule has 5 rings (SSSR count). The molecule has 0 aromatic rings. The summed E-state index contributed by atoms with van der Waals surface area (Å²) >= 11 is 0. The van der Waals surface area contributed by atoms with Crippen molar-refractivity contribution in [1.82, 2.24) is 0 Å². The Morgan fingerprint density at radius 1 is 0.659 bits per heavy atom. The van der Waals surface area contributed by atoms with Crippen LogP contribution in [0.1, 0.15) is 126 Å². The zero-order valence-electron chi connectivity index (χ0n) is 27.7. The van der Waals surface area contributed by atoms with E-state index in [9.17, 15) is 20.4 Å². The maximum Gasteiger partial charge on any atom is 0.109 e. The van der Waals surface area contributed by atoms with E-state index in [1.807, 2.05) is 0 Å². The van der Waals surface area contributed by atoms with E-state index in [-0.39, 0.29) is 12.5 Å². The van der Waals surface area contributed by atoms with Gasteiger partial charge < -0.3 is 26.2 Å². The van der Waals surface area contributed by atoms with Crippen LogP contribution in [0.5, 0.6) is 0 Å². The Bertz CT molecular complexity index is 956. The van der Waals surface area contributed by atoms with Crippen molar-refractivity contribution >= 4 is 0 Å². The molecule has 0 saturated heterocycles. The van der Waals surface area contributed by atoms with Crippen LogP contribution in [0.25, 0.3) is 0 Å². The number of hydrogen-bond acceptors (Lipinski definition) is 5. The summed E-state index contributed by atoms with van der Waals surface area (Å²) in [5.41, 5.74) is 7.46. The lowest BCUT2D eigenvalue weighted by atomic mass is 9.31. The van der Waals surface area contributed by atoms with Crippen molar-refractivity contribution < 1.29 is 20.4 Å². The first kappa shape index (κ1) is 32.2. The van der Waals surface area contributed by atoms with Gasteiger partial charge in [0.2, 0.25) is 0 Å². The van der Waals surface area contributed by atoms with Crippen LogP contribution in [-0.4, -0.2) is 51.4 Å². The molecule has 41 heavy (non-hydrogen) atoms. The SMILES string of the molecule is CC(CC(O)C(O)C(O)C(O)CN)[C@H]1CC[C@@]2(C)C1CC[C@]1(C)C2CCC2[C@@]3(C)CC[C@H](C)C(C)(C)C3CC[C@]21C. The Hall–Kier alpha value is -0.200. The van der Waals surface area contributed by atoms with E-state index in [1.54, 1.807) is 0 Å². The quantitative estimate of drug-likeness (QED) is 0.250. The third-order valence-electron chi connectivity index (χ3n) is 16.3. The lowest BCUT2D eigenvalue weighted by Crippen LogP contribution is -2.66. The second kappa shape index (κ2) is 10.7. The van der Waals surface area contributed by atoms with Crippen LogP contribution >= 0.6 is 0 Å². The van der Waals surface area contributed by atoms with Crippen LogP contribution in [0.15, 0.2) is 0 Å². The molecule has 0 heterocycles. The second-order valence-corrected chi connectivity index (χ2v) is 17.8. The molecule has 0 spiro atoms. The highest BCUT2D eigenvalue weighted by Crippen LogP contribution is 2.78. The molecule has 5 heteroatoms. The Morgan fingerprint density at radius 2 is 1.20 bits per heavy atom. The summed E-state index contributed by atoms with van der Waals surface area (Å²) in [6.45, 7) is 20.6. The number of nitrogens with two attached hydrogens (primary N) is 1. The van der Waals surface area contributed by atoms with E-state index >= 15 is 0 Å². The first-order valence-corrected chi connectivity index (χ1v) is 17.4. The second-order valence-electron chi connectivity index (χ2n) is 17.8. The third kappa shape index (κ3) is 4.55. The lowest BCUT2D eigenvalue weighted by molar-refractivity contribution is -0.246. The van der Waals surface area contributed by atoms with Crippen LogP contribution in [0.2, 0.25) is 0 Å². The number of aliphatic hydroxyl groups is 4. The van der Waals surface area contributed by atoms with E-state index in [1.165, 1.54) is 64.2 Å². The van der Waals surface area contributed by atoms with Crippen molar-refractivity contribution in [3.8, 4) is 0 Å². The summed E-state index contributed by atoms with van der Waals surface area (Å²) in [5, 5.41) is 41.5. The predicted molar refractivity (Wildman–Crippen MR) is 166 cm³/mol.